The molecule has 0 unspecified atom stereocenters. The molecule has 0 radical (unpaired) electrons. The molecule has 19 heavy (non-hydrogen) atoms. The summed E-state index contributed by atoms with van der Waals surface area (Å²) in [6, 6.07) is 0. The molecule has 0 saturated heterocycles. The van der Waals surface area contributed by atoms with E-state index < -0.39 is 11.9 Å². The van der Waals surface area contributed by atoms with E-state index in [0.29, 0.717) is 13.2 Å². The maximum absolute atomic E-state index is 10.4. The number of hydrogen-bond acceptors (Lipinski definition) is 6. The minimum atomic E-state index is -0.440. The summed E-state index contributed by atoms with van der Waals surface area (Å²) >= 11 is 0. The molecule has 0 spiro atoms. The Morgan fingerprint density at radius 1 is 0.789 bits per heavy atom. The summed E-state index contributed by atoms with van der Waals surface area (Å²) in [5, 5.41) is 0. The SMILES string of the molecule is CCOC(=O)CC(C)=O.CCOC(=O)CC(C)=O.[H-].[H-].[Mg+2]. The van der Waals surface area contributed by atoms with Gasteiger partial charge in [0, 0.05) is 0 Å². The zero-order valence-corrected chi connectivity index (χ0v) is 13.4. The van der Waals surface area contributed by atoms with Crippen LogP contribution in [-0.4, -0.2) is 59.8 Å². The number of carbonyl (C=O) groups is 4. The second-order valence-corrected chi connectivity index (χ2v) is 3.37. The third kappa shape index (κ3) is 22.7. The van der Waals surface area contributed by atoms with E-state index in [0.717, 1.165) is 0 Å². The van der Waals surface area contributed by atoms with Crippen LogP contribution in [0.15, 0.2) is 0 Å². The Kier molecular flexibility index (Phi) is 18.4. The summed E-state index contributed by atoms with van der Waals surface area (Å²) in [4.78, 5) is 41.3. The Morgan fingerprint density at radius 3 is 1.21 bits per heavy atom. The molecule has 0 saturated carbocycles. The molecule has 0 amide bonds. The molecule has 0 bridgehead atoms. The van der Waals surface area contributed by atoms with Crippen LogP contribution in [0.25, 0.3) is 0 Å². The predicted octanol–water partition coefficient (Wildman–Crippen LogP) is 0.901. The first-order chi connectivity index (χ1) is 8.33. The Bertz CT molecular complexity index is 280. The molecule has 0 fully saturated rings. The predicted molar refractivity (Wildman–Crippen MR) is 71.8 cm³/mol. The van der Waals surface area contributed by atoms with Gasteiger partial charge in [-0.1, -0.05) is 0 Å². The fourth-order valence-electron chi connectivity index (χ4n) is 0.831. The molecule has 0 aromatic carbocycles. The van der Waals surface area contributed by atoms with Crippen molar-refractivity contribution in [3.05, 3.63) is 0 Å². The van der Waals surface area contributed by atoms with Crippen LogP contribution < -0.4 is 0 Å². The topological polar surface area (TPSA) is 86.7 Å². The molecule has 0 N–H and O–H groups in total. The van der Waals surface area contributed by atoms with Gasteiger partial charge in [0.15, 0.2) is 0 Å². The Morgan fingerprint density at radius 2 is 1.05 bits per heavy atom. The van der Waals surface area contributed by atoms with Gasteiger partial charge >= 0.3 is 35.0 Å². The van der Waals surface area contributed by atoms with E-state index in [1.54, 1.807) is 13.8 Å². The van der Waals surface area contributed by atoms with Gasteiger partial charge in [-0.05, 0) is 27.7 Å². The number of ether oxygens (including phenoxy) is 2. The van der Waals surface area contributed by atoms with Gasteiger partial charge in [-0.3, -0.25) is 19.2 Å². The van der Waals surface area contributed by atoms with Gasteiger partial charge in [-0.15, -0.1) is 0 Å². The second-order valence-electron chi connectivity index (χ2n) is 3.37. The molecule has 0 rings (SSSR count). The fourth-order valence-corrected chi connectivity index (χ4v) is 0.831. The first kappa shape index (κ1) is 23.2. The van der Waals surface area contributed by atoms with Gasteiger partial charge in [0.25, 0.3) is 0 Å². The van der Waals surface area contributed by atoms with Crippen LogP contribution in [0.2, 0.25) is 0 Å². The first-order valence-corrected chi connectivity index (χ1v) is 5.63. The summed E-state index contributed by atoms with van der Waals surface area (Å²) in [6.07, 6.45) is -0.207. The number of esters is 2. The van der Waals surface area contributed by atoms with Crippen molar-refractivity contribution >= 4 is 46.6 Å². The Hall–Kier alpha value is -0.954. The molecule has 7 heteroatoms. The van der Waals surface area contributed by atoms with Crippen molar-refractivity contribution in [2.24, 2.45) is 0 Å². The number of Topliss-reactive ketones (excluding diaryl/α,β-unsaturated/α-hetero) is 2. The smallest absolute Gasteiger partial charge is 1.00 e. The molecule has 0 aliphatic rings. The van der Waals surface area contributed by atoms with Crippen molar-refractivity contribution in [1.82, 2.24) is 0 Å². The monoisotopic (exact) mass is 286 g/mol. The molecular formula is C12H22MgO6. The normalized spacial score (nSPS) is 8.21. The molecular weight excluding hydrogens is 264 g/mol. The van der Waals surface area contributed by atoms with E-state index in [2.05, 4.69) is 9.47 Å². The van der Waals surface area contributed by atoms with Gasteiger partial charge in [0.2, 0.25) is 0 Å². The number of rotatable bonds is 6. The number of hydrogen-bond donors (Lipinski definition) is 0. The third-order valence-corrected chi connectivity index (χ3v) is 1.40. The van der Waals surface area contributed by atoms with Crippen LogP contribution in [0, 0.1) is 0 Å². The van der Waals surface area contributed by atoms with Gasteiger partial charge < -0.3 is 12.3 Å². The van der Waals surface area contributed by atoms with Crippen LogP contribution in [-0.2, 0) is 28.7 Å². The molecule has 0 heterocycles. The molecule has 108 valence electrons. The summed E-state index contributed by atoms with van der Waals surface area (Å²) < 4.78 is 8.99. The second kappa shape index (κ2) is 15.1. The third-order valence-electron chi connectivity index (χ3n) is 1.40. The van der Waals surface area contributed by atoms with E-state index in [1.165, 1.54) is 13.8 Å². The van der Waals surface area contributed by atoms with Crippen molar-refractivity contribution in [1.29, 1.82) is 0 Å². The van der Waals surface area contributed by atoms with E-state index in [4.69, 9.17) is 0 Å². The number of carbonyl (C=O) groups excluding carboxylic acids is 4. The van der Waals surface area contributed by atoms with E-state index in [1.807, 2.05) is 0 Å². The molecule has 0 aromatic heterocycles. The minimum absolute atomic E-state index is 0. The van der Waals surface area contributed by atoms with E-state index in [-0.39, 0.29) is 50.3 Å². The van der Waals surface area contributed by atoms with Crippen molar-refractivity contribution in [2.75, 3.05) is 13.2 Å². The molecule has 6 nitrogen and oxygen atoms in total. The van der Waals surface area contributed by atoms with Crippen LogP contribution >= 0.6 is 0 Å². The first-order valence-electron chi connectivity index (χ1n) is 5.63. The summed E-state index contributed by atoms with van der Waals surface area (Å²) in [5.41, 5.74) is 0. The Labute approximate surface area is 132 Å². The average Bonchev–Trinajstić information content (AvgIpc) is 2.16. The van der Waals surface area contributed by atoms with Gasteiger partial charge in [0.1, 0.15) is 24.4 Å². The fraction of sp³-hybridized carbons (Fsp3) is 0.667. The average molecular weight is 287 g/mol. The number of ketones is 2. The summed E-state index contributed by atoms with van der Waals surface area (Å²) in [5.74, 6) is -1.20. The zero-order valence-electron chi connectivity index (χ0n) is 14.0. The molecule has 0 aliphatic carbocycles. The molecule has 0 aliphatic heterocycles. The van der Waals surface area contributed by atoms with Gasteiger partial charge in [0.05, 0.1) is 13.2 Å². The van der Waals surface area contributed by atoms with Crippen LogP contribution in [0.1, 0.15) is 43.4 Å². The van der Waals surface area contributed by atoms with Crippen molar-refractivity contribution in [2.45, 2.75) is 40.5 Å². The minimum Gasteiger partial charge on any atom is -1.00 e. The van der Waals surface area contributed by atoms with Gasteiger partial charge in [-0.25, -0.2) is 0 Å². The van der Waals surface area contributed by atoms with E-state index in [9.17, 15) is 19.2 Å². The largest absolute Gasteiger partial charge is 2.00 e. The van der Waals surface area contributed by atoms with Crippen LogP contribution in [0.5, 0.6) is 0 Å². The van der Waals surface area contributed by atoms with E-state index >= 15 is 0 Å². The summed E-state index contributed by atoms with van der Waals surface area (Å²) in [6.45, 7) is 6.81. The standard InChI is InChI=1S/2C6H10O3.Mg.2H/c2*1-3-9-6(8)4-5(2)7;;;/h2*3-4H2,1-2H3;;;/q;;+2;2*-1. The molecule has 0 atom stereocenters. The van der Waals surface area contributed by atoms with Crippen LogP contribution in [0.3, 0.4) is 0 Å². The maximum atomic E-state index is 10.4. The molecule has 0 aromatic rings. The van der Waals surface area contributed by atoms with Crippen LogP contribution in [0.4, 0.5) is 0 Å². The maximum Gasteiger partial charge on any atom is 2.00 e. The quantitative estimate of drug-likeness (QED) is 0.410. The van der Waals surface area contributed by atoms with Crippen molar-refractivity contribution in [3.63, 3.8) is 0 Å². The van der Waals surface area contributed by atoms with Crippen molar-refractivity contribution in [3.8, 4) is 0 Å². The zero-order chi connectivity index (χ0) is 14.6. The van der Waals surface area contributed by atoms with Gasteiger partial charge in [-0.2, -0.15) is 0 Å². The van der Waals surface area contributed by atoms with Crippen molar-refractivity contribution < 1.29 is 31.5 Å². The summed E-state index contributed by atoms with van der Waals surface area (Å²) in [7, 11) is 0. The Balaban J connectivity index is -0.0000000711.